The number of carboxylic acids is 1. The number of nitrogens with zero attached hydrogens (tertiary/aromatic N) is 1. The predicted molar refractivity (Wildman–Crippen MR) is 44.0 cm³/mol. The molecule has 8 heteroatoms. The summed E-state index contributed by atoms with van der Waals surface area (Å²) < 4.78 is -0.684. The second-order valence-corrected chi connectivity index (χ2v) is 3.25. The topological polar surface area (TPSA) is 129 Å². The third-order valence-electron chi connectivity index (χ3n) is 1.57. The molecule has 7 nitrogen and oxygen atoms in total. The van der Waals surface area contributed by atoms with Crippen molar-refractivity contribution < 1.29 is 25.0 Å². The van der Waals surface area contributed by atoms with Crippen LogP contribution in [0.15, 0.2) is 10.5 Å². The van der Waals surface area contributed by atoms with Gasteiger partial charge in [0.05, 0.1) is 10.9 Å². The summed E-state index contributed by atoms with van der Waals surface area (Å²) in [7, 11) is 0. The van der Waals surface area contributed by atoms with Crippen molar-refractivity contribution in [1.29, 1.82) is 0 Å². The molecule has 0 radical (unpaired) electrons. The molecular weight excluding hydrogens is 274 g/mol. The highest BCUT2D eigenvalue weighted by Gasteiger charge is 2.13. The number of carbonyl (C=O) groups excluding carboxylic acids is 1. The molecule has 0 N–H and O–H groups in total. The number of nitro benzene ring substituents is 1. The molecule has 0 unspecified atom stereocenters. The number of aromatic carboxylic acids is 1. The monoisotopic (exact) mass is 274 g/mol. The maximum atomic E-state index is 11.1. The van der Waals surface area contributed by atoms with Gasteiger partial charge in [-0.15, -0.1) is 0 Å². The summed E-state index contributed by atoms with van der Waals surface area (Å²) in [5.74, 6) is -4.16. The number of hydrogen-bond acceptors (Lipinski definition) is 6. The van der Waals surface area contributed by atoms with Crippen LogP contribution >= 0.6 is 15.9 Å². The van der Waals surface area contributed by atoms with Crippen LogP contribution in [-0.4, -0.2) is 10.9 Å². The van der Waals surface area contributed by atoms with Crippen molar-refractivity contribution in [2.24, 2.45) is 0 Å². The number of carbonyl (C=O) groups is 1. The predicted octanol–water partition coefficient (Wildman–Crippen LogP) is -1.13. The van der Waals surface area contributed by atoms with Crippen molar-refractivity contribution in [1.82, 2.24) is 0 Å². The molecule has 0 heterocycles. The largest absolute Gasteiger partial charge is 0.871 e. The van der Waals surface area contributed by atoms with E-state index in [0.29, 0.717) is 6.07 Å². The van der Waals surface area contributed by atoms with E-state index in [1.165, 1.54) is 0 Å². The van der Waals surface area contributed by atoms with Gasteiger partial charge in [0.2, 0.25) is 0 Å². The number of benzene rings is 1. The molecule has 0 atom stereocenters. The second-order valence-electron chi connectivity index (χ2n) is 2.46. The molecule has 0 saturated heterocycles. The van der Waals surface area contributed by atoms with Gasteiger partial charge in [-0.1, -0.05) is 21.7 Å². The minimum atomic E-state index is -1.87. The molecule has 0 saturated carbocycles. The van der Waals surface area contributed by atoms with Crippen LogP contribution in [0.1, 0.15) is 10.4 Å². The zero-order valence-electron chi connectivity index (χ0n) is 6.85. The van der Waals surface area contributed by atoms with Crippen LogP contribution in [0.2, 0.25) is 0 Å². The van der Waals surface area contributed by atoms with Crippen molar-refractivity contribution in [2.75, 3.05) is 0 Å². The van der Waals surface area contributed by atoms with Gasteiger partial charge >= 0.3 is 0 Å². The number of hydrogen-bond donors (Lipinski definition) is 0. The van der Waals surface area contributed by atoms with Gasteiger partial charge in [-0.25, -0.2) is 0 Å². The molecule has 80 valence electrons. The molecule has 1 aromatic rings. The van der Waals surface area contributed by atoms with Crippen molar-refractivity contribution in [3.63, 3.8) is 0 Å². The molecule has 0 aliphatic carbocycles. The lowest BCUT2D eigenvalue weighted by Gasteiger charge is -2.21. The van der Waals surface area contributed by atoms with E-state index >= 15 is 0 Å². The van der Waals surface area contributed by atoms with Crippen molar-refractivity contribution in [2.45, 2.75) is 0 Å². The first-order valence-corrected chi connectivity index (χ1v) is 4.21. The summed E-state index contributed by atoms with van der Waals surface area (Å²) in [6.45, 7) is 0. The first-order valence-electron chi connectivity index (χ1n) is 3.42. The zero-order valence-corrected chi connectivity index (χ0v) is 8.44. The van der Waals surface area contributed by atoms with Gasteiger partial charge in [-0.05, 0) is 11.3 Å². The highest BCUT2D eigenvalue weighted by Crippen LogP contribution is 2.38. The van der Waals surface area contributed by atoms with Crippen LogP contribution in [0.25, 0.3) is 0 Å². The maximum absolute atomic E-state index is 11.1. The van der Waals surface area contributed by atoms with Crippen LogP contribution in [0, 0.1) is 10.1 Å². The summed E-state index contributed by atoms with van der Waals surface area (Å²) in [6.07, 6.45) is 0. The van der Waals surface area contributed by atoms with Gasteiger partial charge in [-0.3, -0.25) is 10.1 Å². The van der Waals surface area contributed by atoms with Gasteiger partial charge < -0.3 is 20.1 Å². The summed E-state index contributed by atoms with van der Waals surface area (Å²) >= 11 is 2.50. The SMILES string of the molecule is O=C([O-])c1cc([N+](=O)[O-])c([O-])c(Br)c1[O-]. The molecule has 0 amide bonds. The van der Waals surface area contributed by atoms with E-state index in [1.807, 2.05) is 0 Å². The zero-order chi connectivity index (χ0) is 11.7. The lowest BCUT2D eigenvalue weighted by atomic mass is 10.1. The molecule has 15 heavy (non-hydrogen) atoms. The number of halogens is 1. The fourth-order valence-electron chi connectivity index (χ4n) is 0.889. The molecule has 0 spiro atoms. The van der Waals surface area contributed by atoms with E-state index in [9.17, 15) is 30.2 Å². The Balaban J connectivity index is 3.59. The Morgan fingerprint density at radius 3 is 2.27 bits per heavy atom. The number of carboxylic acid groups (broad SMARTS) is 1. The smallest absolute Gasteiger partial charge is 0.263 e. The molecular formula is C7HBrNO6-3. The van der Waals surface area contributed by atoms with E-state index in [4.69, 9.17) is 0 Å². The number of nitro groups is 1. The standard InChI is InChI=1S/C7H4BrNO6/c8-4-5(10)2(7(12)13)1-3(6(4)11)9(14)15/h1,10-11H,(H,12,13)/p-3. The molecule has 0 aliphatic rings. The fraction of sp³-hybridized carbons (Fsp3) is 0. The third kappa shape index (κ3) is 1.84. The van der Waals surface area contributed by atoms with E-state index < -0.39 is 38.1 Å². The first kappa shape index (κ1) is 11.2. The average Bonchev–Trinajstić information content (AvgIpc) is 2.13. The lowest BCUT2D eigenvalue weighted by Crippen LogP contribution is -2.24. The van der Waals surface area contributed by atoms with Crippen LogP contribution in [0.4, 0.5) is 5.69 Å². The Kier molecular flexibility index (Phi) is 2.80. The fourth-order valence-corrected chi connectivity index (χ4v) is 1.31. The second kappa shape index (κ2) is 3.73. The normalized spacial score (nSPS) is 9.93. The number of rotatable bonds is 2. The Hall–Kier alpha value is -1.83. The lowest BCUT2D eigenvalue weighted by molar-refractivity contribution is -0.399. The van der Waals surface area contributed by atoms with Crippen LogP contribution < -0.4 is 15.3 Å². The highest BCUT2D eigenvalue weighted by molar-refractivity contribution is 9.10. The summed E-state index contributed by atoms with van der Waals surface area (Å²) in [5, 5.41) is 43.0. The average molecular weight is 275 g/mol. The molecule has 0 fully saturated rings. The van der Waals surface area contributed by atoms with Crippen LogP contribution in [-0.2, 0) is 0 Å². The van der Waals surface area contributed by atoms with Gasteiger partial charge in [0.15, 0.2) is 0 Å². The highest BCUT2D eigenvalue weighted by atomic mass is 79.9. The Labute approximate surface area is 90.9 Å². The molecule has 0 aliphatic heterocycles. The van der Waals surface area contributed by atoms with E-state index in [2.05, 4.69) is 15.9 Å². The Morgan fingerprint density at radius 1 is 1.33 bits per heavy atom. The van der Waals surface area contributed by atoms with E-state index in [0.717, 1.165) is 0 Å². The van der Waals surface area contributed by atoms with E-state index in [-0.39, 0.29) is 0 Å². The first-order chi connectivity index (χ1) is 6.86. The van der Waals surface area contributed by atoms with E-state index in [1.54, 1.807) is 0 Å². The minimum absolute atomic E-state index is 0.394. The summed E-state index contributed by atoms with van der Waals surface area (Å²) in [4.78, 5) is 19.7. The maximum Gasteiger partial charge on any atom is 0.263 e. The summed E-state index contributed by atoms with van der Waals surface area (Å²) in [6, 6.07) is 0.394. The van der Waals surface area contributed by atoms with Crippen molar-refractivity contribution in [3.05, 3.63) is 26.2 Å². The molecule has 1 aromatic carbocycles. The van der Waals surface area contributed by atoms with Gasteiger partial charge in [0.1, 0.15) is 0 Å². The van der Waals surface area contributed by atoms with Crippen molar-refractivity contribution >= 4 is 27.6 Å². The third-order valence-corrected chi connectivity index (χ3v) is 2.29. The summed E-state index contributed by atoms with van der Waals surface area (Å²) in [5.41, 5.74) is -1.91. The quantitative estimate of drug-likeness (QED) is 0.495. The van der Waals surface area contributed by atoms with Gasteiger partial charge in [0.25, 0.3) is 5.69 Å². The molecule has 0 bridgehead atoms. The van der Waals surface area contributed by atoms with Gasteiger partial charge in [0, 0.05) is 10.5 Å². The van der Waals surface area contributed by atoms with Crippen LogP contribution in [0.5, 0.6) is 11.5 Å². The molecule has 1 rings (SSSR count). The Bertz CT molecular complexity index is 419. The van der Waals surface area contributed by atoms with Crippen molar-refractivity contribution in [3.8, 4) is 11.5 Å². The van der Waals surface area contributed by atoms with Gasteiger partial charge in [-0.2, -0.15) is 0 Å². The molecule has 0 aromatic heterocycles. The van der Waals surface area contributed by atoms with Crippen LogP contribution in [0.3, 0.4) is 0 Å². The Morgan fingerprint density at radius 2 is 1.87 bits per heavy atom. The minimum Gasteiger partial charge on any atom is -0.871 e.